The van der Waals surface area contributed by atoms with Gasteiger partial charge in [-0.05, 0) is 18.2 Å². The monoisotopic (exact) mass is 350 g/mol. The molecule has 8 heteroatoms. The van der Waals surface area contributed by atoms with E-state index in [4.69, 9.17) is 16.3 Å². The van der Waals surface area contributed by atoms with E-state index in [0.29, 0.717) is 6.61 Å². The van der Waals surface area contributed by atoms with E-state index in [1.54, 1.807) is 0 Å². The minimum absolute atomic E-state index is 0.184. The number of nitrogens with zero attached hydrogens (tertiary/aromatic N) is 2. The molecular weight excluding hydrogens is 333 g/mol. The fraction of sp³-hybridized carbons (Fsp3) is 0.500. The van der Waals surface area contributed by atoms with Crippen LogP contribution in [0.4, 0.5) is 13.2 Å². The van der Waals surface area contributed by atoms with Crippen LogP contribution < -0.4 is 0 Å². The first kappa shape index (κ1) is 17.3. The summed E-state index contributed by atoms with van der Waals surface area (Å²) >= 11 is 5.96. The number of halogens is 4. The highest BCUT2D eigenvalue weighted by molar-refractivity contribution is 6.76. The third-order valence-corrected chi connectivity index (χ3v) is 5.28. The number of hydrogen-bond donors (Lipinski definition) is 0. The van der Waals surface area contributed by atoms with Crippen LogP contribution in [0.15, 0.2) is 18.3 Å². The summed E-state index contributed by atoms with van der Waals surface area (Å²) in [6.45, 7) is 6.81. The molecule has 3 nitrogen and oxygen atoms in total. The molecule has 0 aromatic carbocycles. The molecule has 2 heterocycles. The number of aromatic nitrogens is 2. The van der Waals surface area contributed by atoms with Gasteiger partial charge in [0.1, 0.15) is 18.1 Å². The van der Waals surface area contributed by atoms with Crippen molar-refractivity contribution in [3.63, 3.8) is 0 Å². The van der Waals surface area contributed by atoms with Crippen LogP contribution >= 0.6 is 11.6 Å². The van der Waals surface area contributed by atoms with Gasteiger partial charge >= 0.3 is 6.18 Å². The molecule has 0 aliphatic heterocycles. The third-order valence-electron chi connectivity index (χ3n) is 3.25. The maximum Gasteiger partial charge on any atom is 0.431 e. The Balaban J connectivity index is 2.28. The van der Waals surface area contributed by atoms with Crippen molar-refractivity contribution in [2.24, 2.45) is 0 Å². The van der Waals surface area contributed by atoms with E-state index in [1.807, 2.05) is 0 Å². The zero-order valence-corrected chi connectivity index (χ0v) is 14.4. The number of ether oxygens (including phenoxy) is 1. The molecule has 0 fully saturated rings. The first-order valence-electron chi connectivity index (χ1n) is 6.88. The summed E-state index contributed by atoms with van der Waals surface area (Å²) in [5, 5.41) is 0.529. The van der Waals surface area contributed by atoms with Crippen molar-refractivity contribution in [2.45, 2.75) is 38.6 Å². The topological polar surface area (TPSA) is 27.1 Å². The smallest absolute Gasteiger partial charge is 0.361 e. The Kier molecular flexibility index (Phi) is 4.89. The molecule has 2 rings (SSSR count). The zero-order valence-electron chi connectivity index (χ0n) is 12.7. The summed E-state index contributed by atoms with van der Waals surface area (Å²) in [6, 6.07) is 3.38. The second-order valence-electron chi connectivity index (χ2n) is 6.33. The lowest BCUT2D eigenvalue weighted by Gasteiger charge is -2.17. The summed E-state index contributed by atoms with van der Waals surface area (Å²) in [6.07, 6.45) is -3.09. The lowest BCUT2D eigenvalue weighted by atomic mass is 10.3. The van der Waals surface area contributed by atoms with Crippen LogP contribution in [0.1, 0.15) is 5.69 Å². The molecular formula is C14H18ClF3N2OSi. The number of hydrogen-bond acceptors (Lipinski definition) is 2. The average Bonchev–Trinajstić information content (AvgIpc) is 2.74. The minimum atomic E-state index is -4.48. The maximum atomic E-state index is 13.2. The highest BCUT2D eigenvalue weighted by Crippen LogP contribution is 2.35. The van der Waals surface area contributed by atoms with Crippen LogP contribution in [0, 0.1) is 0 Å². The lowest BCUT2D eigenvalue weighted by Crippen LogP contribution is -2.22. The fourth-order valence-electron chi connectivity index (χ4n) is 2.02. The van der Waals surface area contributed by atoms with Crippen molar-refractivity contribution in [3.8, 4) is 0 Å². The Hall–Kier alpha value is -1.05. The van der Waals surface area contributed by atoms with E-state index >= 15 is 0 Å². The van der Waals surface area contributed by atoms with Gasteiger partial charge < -0.3 is 4.74 Å². The molecule has 0 bridgehead atoms. The van der Waals surface area contributed by atoms with Crippen molar-refractivity contribution in [2.75, 3.05) is 6.61 Å². The Labute approximate surface area is 133 Å². The van der Waals surface area contributed by atoms with Gasteiger partial charge in [0.15, 0.2) is 0 Å². The standard InChI is InChI=1S/C14H18ClF3N2OSi/c1-22(2,3)7-6-21-9-20-12(14(16,17)18)8-10-11(15)4-5-19-13(10)20/h4-5,8H,6-7,9H2,1-3H3. The Bertz CT molecular complexity index is 664. The number of alkyl halides is 3. The molecule has 0 N–H and O–H groups in total. The maximum absolute atomic E-state index is 13.2. The summed E-state index contributed by atoms with van der Waals surface area (Å²) < 4.78 is 46.0. The van der Waals surface area contributed by atoms with Gasteiger partial charge in [0.05, 0.1) is 5.02 Å². The van der Waals surface area contributed by atoms with Crippen LogP contribution in [0.25, 0.3) is 11.0 Å². The van der Waals surface area contributed by atoms with Gasteiger partial charge in [-0.1, -0.05) is 31.2 Å². The van der Waals surface area contributed by atoms with Crippen LogP contribution in [0.5, 0.6) is 0 Å². The molecule has 0 saturated carbocycles. The molecule has 0 atom stereocenters. The predicted molar refractivity (Wildman–Crippen MR) is 83.9 cm³/mol. The van der Waals surface area contributed by atoms with Crippen molar-refractivity contribution in [3.05, 3.63) is 29.0 Å². The van der Waals surface area contributed by atoms with E-state index < -0.39 is 19.9 Å². The van der Waals surface area contributed by atoms with Crippen LogP contribution in [-0.2, 0) is 17.6 Å². The number of fused-ring (bicyclic) bond motifs is 1. The van der Waals surface area contributed by atoms with Crippen LogP contribution in [0.3, 0.4) is 0 Å². The Morgan fingerprint density at radius 1 is 1.32 bits per heavy atom. The fourth-order valence-corrected chi connectivity index (χ4v) is 2.97. The quantitative estimate of drug-likeness (QED) is 0.559. The van der Waals surface area contributed by atoms with Gasteiger partial charge in [-0.2, -0.15) is 13.2 Å². The highest BCUT2D eigenvalue weighted by atomic mass is 35.5. The summed E-state index contributed by atoms with van der Waals surface area (Å²) in [7, 11) is -1.29. The van der Waals surface area contributed by atoms with Gasteiger partial charge in [0.2, 0.25) is 0 Å². The molecule has 2 aromatic rings. The van der Waals surface area contributed by atoms with Crippen LogP contribution in [-0.4, -0.2) is 24.2 Å². The molecule has 0 aliphatic carbocycles. The second-order valence-corrected chi connectivity index (χ2v) is 12.4. The van der Waals surface area contributed by atoms with Gasteiger partial charge in [0, 0.05) is 26.3 Å². The van der Waals surface area contributed by atoms with E-state index in [1.165, 1.54) is 12.3 Å². The van der Waals surface area contributed by atoms with E-state index in [-0.39, 0.29) is 22.8 Å². The highest BCUT2D eigenvalue weighted by Gasteiger charge is 2.36. The van der Waals surface area contributed by atoms with Crippen molar-refractivity contribution < 1.29 is 17.9 Å². The summed E-state index contributed by atoms with van der Waals surface area (Å²) in [5.41, 5.74) is -0.607. The third kappa shape index (κ3) is 4.02. The van der Waals surface area contributed by atoms with Gasteiger partial charge in [-0.25, -0.2) is 4.98 Å². The molecule has 0 amide bonds. The minimum Gasteiger partial charge on any atom is -0.361 e. The molecule has 122 valence electrons. The zero-order chi connectivity index (χ0) is 16.5. The Morgan fingerprint density at radius 3 is 2.59 bits per heavy atom. The van der Waals surface area contributed by atoms with Gasteiger partial charge in [0.25, 0.3) is 0 Å². The molecule has 22 heavy (non-hydrogen) atoms. The Morgan fingerprint density at radius 2 is 2.00 bits per heavy atom. The number of pyridine rings is 1. The normalized spacial score (nSPS) is 13.0. The predicted octanol–water partition coefficient (Wildman–Crippen LogP) is 5.02. The van der Waals surface area contributed by atoms with E-state index in [0.717, 1.165) is 16.7 Å². The van der Waals surface area contributed by atoms with Gasteiger partial charge in [-0.3, -0.25) is 4.57 Å². The summed E-state index contributed by atoms with van der Waals surface area (Å²) in [4.78, 5) is 4.01. The van der Waals surface area contributed by atoms with Crippen LogP contribution in [0.2, 0.25) is 30.7 Å². The molecule has 0 radical (unpaired) electrons. The van der Waals surface area contributed by atoms with Crippen molar-refractivity contribution in [1.82, 2.24) is 9.55 Å². The molecule has 2 aromatic heterocycles. The first-order chi connectivity index (χ1) is 10.1. The average molecular weight is 351 g/mol. The SMILES string of the molecule is C[Si](C)(C)CCOCn1c(C(F)(F)F)cc2c(Cl)ccnc21. The summed E-state index contributed by atoms with van der Waals surface area (Å²) in [5.74, 6) is 0. The largest absolute Gasteiger partial charge is 0.431 e. The molecule has 0 unspecified atom stereocenters. The number of rotatable bonds is 5. The van der Waals surface area contributed by atoms with Gasteiger partial charge in [-0.15, -0.1) is 0 Å². The molecule has 0 spiro atoms. The first-order valence-corrected chi connectivity index (χ1v) is 11.0. The molecule has 0 saturated heterocycles. The van der Waals surface area contributed by atoms with Crippen molar-refractivity contribution >= 4 is 30.7 Å². The second kappa shape index (κ2) is 6.21. The molecule has 0 aliphatic rings. The van der Waals surface area contributed by atoms with E-state index in [9.17, 15) is 13.2 Å². The lowest BCUT2D eigenvalue weighted by molar-refractivity contribution is -0.145. The van der Waals surface area contributed by atoms with Crippen molar-refractivity contribution in [1.29, 1.82) is 0 Å². The van der Waals surface area contributed by atoms with E-state index in [2.05, 4.69) is 24.6 Å².